The van der Waals surface area contributed by atoms with E-state index in [1.807, 2.05) is 6.92 Å². The zero-order valence-electron chi connectivity index (χ0n) is 8.30. The lowest BCUT2D eigenvalue weighted by Gasteiger charge is -1.97. The van der Waals surface area contributed by atoms with Gasteiger partial charge in [-0.3, -0.25) is 4.79 Å². The average molecular weight is 206 g/mol. The molecule has 0 unspecified atom stereocenters. The van der Waals surface area contributed by atoms with Crippen molar-refractivity contribution in [3.63, 3.8) is 0 Å². The number of amides is 1. The Morgan fingerprint density at radius 2 is 2.33 bits per heavy atom. The van der Waals surface area contributed by atoms with Crippen LogP contribution >= 0.6 is 0 Å². The van der Waals surface area contributed by atoms with Gasteiger partial charge in [0.1, 0.15) is 11.5 Å². The Kier molecular flexibility index (Phi) is 2.41. The van der Waals surface area contributed by atoms with Crippen molar-refractivity contribution in [2.24, 2.45) is 0 Å². The Bertz CT molecular complexity index is 504. The minimum Gasteiger partial charge on any atom is -0.351 e. The van der Waals surface area contributed by atoms with E-state index in [-0.39, 0.29) is 11.7 Å². The molecule has 2 aromatic rings. The van der Waals surface area contributed by atoms with Gasteiger partial charge >= 0.3 is 0 Å². The van der Waals surface area contributed by atoms with E-state index in [0.29, 0.717) is 23.1 Å². The smallest absolute Gasteiger partial charge is 0.267 e. The summed E-state index contributed by atoms with van der Waals surface area (Å²) in [7, 11) is 0. The minimum atomic E-state index is -0.344. The van der Waals surface area contributed by atoms with E-state index >= 15 is 0 Å². The SMILES string of the molecule is CCNC(=O)c1cc2cccc(F)c2[nH]1. The molecule has 0 saturated heterocycles. The van der Waals surface area contributed by atoms with Crippen LogP contribution < -0.4 is 5.32 Å². The maximum atomic E-state index is 13.3. The molecule has 2 rings (SSSR count). The first-order valence-electron chi connectivity index (χ1n) is 4.78. The molecule has 15 heavy (non-hydrogen) atoms. The molecule has 3 nitrogen and oxygen atoms in total. The first-order chi connectivity index (χ1) is 7.22. The van der Waals surface area contributed by atoms with Crippen LogP contribution in [0.1, 0.15) is 17.4 Å². The lowest BCUT2D eigenvalue weighted by molar-refractivity contribution is 0.0951. The van der Waals surface area contributed by atoms with Crippen molar-refractivity contribution in [1.82, 2.24) is 10.3 Å². The molecule has 2 N–H and O–H groups in total. The number of aromatic amines is 1. The molecule has 0 fully saturated rings. The van der Waals surface area contributed by atoms with Gasteiger partial charge in [0.05, 0.1) is 5.52 Å². The molecule has 1 aromatic heterocycles. The van der Waals surface area contributed by atoms with Crippen molar-refractivity contribution in [2.45, 2.75) is 6.92 Å². The molecule has 4 heteroatoms. The number of carbonyl (C=O) groups is 1. The minimum absolute atomic E-state index is 0.215. The van der Waals surface area contributed by atoms with Gasteiger partial charge in [0.2, 0.25) is 0 Å². The lowest BCUT2D eigenvalue weighted by Crippen LogP contribution is -2.22. The largest absolute Gasteiger partial charge is 0.351 e. The molecule has 0 spiro atoms. The molecule has 0 atom stereocenters. The number of H-pyrrole nitrogens is 1. The standard InChI is InChI=1S/C11H11FN2O/c1-2-13-11(15)9-6-7-4-3-5-8(12)10(7)14-9/h3-6,14H,2H2,1H3,(H,13,15). The normalized spacial score (nSPS) is 10.5. The van der Waals surface area contributed by atoms with Gasteiger partial charge in [-0.1, -0.05) is 12.1 Å². The predicted molar refractivity (Wildman–Crippen MR) is 56.3 cm³/mol. The molecule has 0 saturated carbocycles. The fourth-order valence-electron chi connectivity index (χ4n) is 1.50. The van der Waals surface area contributed by atoms with E-state index in [9.17, 15) is 9.18 Å². The van der Waals surface area contributed by atoms with Gasteiger partial charge in [-0.15, -0.1) is 0 Å². The molecular weight excluding hydrogens is 195 g/mol. The predicted octanol–water partition coefficient (Wildman–Crippen LogP) is 2.06. The van der Waals surface area contributed by atoms with E-state index in [4.69, 9.17) is 0 Å². The summed E-state index contributed by atoms with van der Waals surface area (Å²) in [5.41, 5.74) is 0.760. The van der Waals surface area contributed by atoms with Crippen LogP contribution in [-0.2, 0) is 0 Å². The first kappa shape index (κ1) is 9.71. The van der Waals surface area contributed by atoms with Crippen molar-refractivity contribution < 1.29 is 9.18 Å². The van der Waals surface area contributed by atoms with Gasteiger partial charge in [-0.2, -0.15) is 0 Å². The van der Waals surface area contributed by atoms with Crippen LogP contribution in [0.3, 0.4) is 0 Å². The average Bonchev–Trinajstić information content (AvgIpc) is 2.63. The highest BCUT2D eigenvalue weighted by Crippen LogP contribution is 2.17. The molecular formula is C11H11FN2O. The summed E-state index contributed by atoms with van der Waals surface area (Å²) in [6, 6.07) is 6.38. The summed E-state index contributed by atoms with van der Waals surface area (Å²) in [4.78, 5) is 14.2. The molecule has 0 aliphatic carbocycles. The number of carbonyl (C=O) groups excluding carboxylic acids is 1. The topological polar surface area (TPSA) is 44.9 Å². The molecule has 78 valence electrons. The van der Waals surface area contributed by atoms with Crippen molar-refractivity contribution in [3.8, 4) is 0 Å². The van der Waals surface area contributed by atoms with Crippen LogP contribution in [0, 0.1) is 5.82 Å². The number of benzene rings is 1. The Morgan fingerprint density at radius 1 is 1.53 bits per heavy atom. The van der Waals surface area contributed by atoms with Crippen LogP contribution in [0.15, 0.2) is 24.3 Å². The summed E-state index contributed by atoms with van der Waals surface area (Å²) in [5.74, 6) is -0.559. The molecule has 1 aromatic carbocycles. The highest BCUT2D eigenvalue weighted by atomic mass is 19.1. The van der Waals surface area contributed by atoms with E-state index in [1.165, 1.54) is 6.07 Å². The van der Waals surface area contributed by atoms with Crippen LogP contribution in [0.5, 0.6) is 0 Å². The monoisotopic (exact) mass is 206 g/mol. The Balaban J connectivity index is 2.47. The molecule has 0 bridgehead atoms. The first-order valence-corrected chi connectivity index (χ1v) is 4.78. The zero-order chi connectivity index (χ0) is 10.8. The number of hydrogen-bond acceptors (Lipinski definition) is 1. The van der Waals surface area contributed by atoms with E-state index in [1.54, 1.807) is 18.2 Å². The maximum Gasteiger partial charge on any atom is 0.267 e. The third-order valence-corrected chi connectivity index (χ3v) is 2.19. The Hall–Kier alpha value is -1.84. The second kappa shape index (κ2) is 3.73. The fraction of sp³-hybridized carbons (Fsp3) is 0.182. The highest BCUT2D eigenvalue weighted by molar-refractivity contribution is 5.98. The number of nitrogens with one attached hydrogen (secondary N) is 2. The fourth-order valence-corrected chi connectivity index (χ4v) is 1.50. The second-order valence-corrected chi connectivity index (χ2v) is 3.25. The second-order valence-electron chi connectivity index (χ2n) is 3.25. The Morgan fingerprint density at radius 3 is 3.00 bits per heavy atom. The summed E-state index contributed by atoms with van der Waals surface area (Å²) in [6.45, 7) is 2.39. The number of halogens is 1. The van der Waals surface area contributed by atoms with E-state index in [0.717, 1.165) is 0 Å². The number of aromatic nitrogens is 1. The number of fused-ring (bicyclic) bond motifs is 1. The van der Waals surface area contributed by atoms with Crippen molar-refractivity contribution in [1.29, 1.82) is 0 Å². The van der Waals surface area contributed by atoms with Crippen molar-refractivity contribution >= 4 is 16.8 Å². The number of hydrogen-bond donors (Lipinski definition) is 2. The van der Waals surface area contributed by atoms with Crippen molar-refractivity contribution in [3.05, 3.63) is 35.8 Å². The van der Waals surface area contributed by atoms with Crippen LogP contribution in [-0.4, -0.2) is 17.4 Å². The van der Waals surface area contributed by atoms with Crippen LogP contribution in [0.4, 0.5) is 4.39 Å². The molecule has 1 amide bonds. The van der Waals surface area contributed by atoms with Gasteiger partial charge in [-0.25, -0.2) is 4.39 Å². The van der Waals surface area contributed by atoms with Crippen molar-refractivity contribution in [2.75, 3.05) is 6.54 Å². The summed E-state index contributed by atoms with van der Waals surface area (Å²) in [5, 5.41) is 3.35. The van der Waals surface area contributed by atoms with Gasteiger partial charge in [-0.05, 0) is 19.1 Å². The van der Waals surface area contributed by atoms with Gasteiger partial charge in [0, 0.05) is 11.9 Å². The highest BCUT2D eigenvalue weighted by Gasteiger charge is 2.09. The quantitative estimate of drug-likeness (QED) is 0.776. The molecule has 0 aliphatic rings. The van der Waals surface area contributed by atoms with E-state index < -0.39 is 0 Å². The van der Waals surface area contributed by atoms with Gasteiger partial charge in [0.25, 0.3) is 5.91 Å². The van der Waals surface area contributed by atoms with Gasteiger partial charge in [0.15, 0.2) is 0 Å². The summed E-state index contributed by atoms with van der Waals surface area (Å²) in [6.07, 6.45) is 0. The third-order valence-electron chi connectivity index (χ3n) is 2.19. The maximum absolute atomic E-state index is 13.3. The van der Waals surface area contributed by atoms with E-state index in [2.05, 4.69) is 10.3 Å². The summed E-state index contributed by atoms with van der Waals surface area (Å²) >= 11 is 0. The van der Waals surface area contributed by atoms with Crippen LogP contribution in [0.2, 0.25) is 0 Å². The van der Waals surface area contributed by atoms with Crippen LogP contribution in [0.25, 0.3) is 10.9 Å². The molecule has 1 heterocycles. The molecule has 0 radical (unpaired) electrons. The third kappa shape index (κ3) is 1.70. The lowest BCUT2D eigenvalue weighted by atomic mass is 10.2. The number of rotatable bonds is 2. The summed E-state index contributed by atoms with van der Waals surface area (Å²) < 4.78 is 13.3. The molecule has 0 aliphatic heterocycles. The zero-order valence-corrected chi connectivity index (χ0v) is 8.30. The Labute approximate surface area is 86.3 Å². The number of para-hydroxylation sites is 1. The van der Waals surface area contributed by atoms with Gasteiger partial charge < -0.3 is 10.3 Å².